The standard InChI is InChI=1S/C16H16N2O3S/c1-3-21-16-9-8-15(10-12(16)2)22(19,20)18-14-6-4-13(11-17)5-7-14/h4-10,18H,3H2,1-2H3. The van der Waals surface area contributed by atoms with Gasteiger partial charge in [0.15, 0.2) is 0 Å². The Hall–Kier alpha value is -2.52. The molecule has 5 nitrogen and oxygen atoms in total. The second-order valence-corrected chi connectivity index (χ2v) is 6.34. The highest BCUT2D eigenvalue weighted by atomic mass is 32.2. The van der Waals surface area contributed by atoms with Crippen LogP contribution in [0.4, 0.5) is 5.69 Å². The Morgan fingerprint density at radius 2 is 1.86 bits per heavy atom. The molecule has 6 heteroatoms. The zero-order valence-electron chi connectivity index (χ0n) is 12.3. The van der Waals surface area contributed by atoms with Gasteiger partial charge in [0.25, 0.3) is 10.0 Å². The largest absolute Gasteiger partial charge is 0.494 e. The first-order valence-corrected chi connectivity index (χ1v) is 8.21. The van der Waals surface area contributed by atoms with Gasteiger partial charge in [-0.3, -0.25) is 4.72 Å². The summed E-state index contributed by atoms with van der Waals surface area (Å²) in [5, 5.41) is 8.74. The Labute approximate surface area is 130 Å². The lowest BCUT2D eigenvalue weighted by atomic mass is 10.2. The van der Waals surface area contributed by atoms with Crippen LogP contribution in [0.2, 0.25) is 0 Å². The Bertz CT molecular complexity index is 806. The molecule has 2 rings (SSSR count). The Balaban J connectivity index is 2.26. The summed E-state index contributed by atoms with van der Waals surface area (Å²) in [5.74, 6) is 0.667. The van der Waals surface area contributed by atoms with Gasteiger partial charge in [-0.25, -0.2) is 8.42 Å². The lowest BCUT2D eigenvalue weighted by Gasteiger charge is -2.11. The molecule has 0 spiro atoms. The number of hydrogen-bond acceptors (Lipinski definition) is 4. The lowest BCUT2D eigenvalue weighted by molar-refractivity contribution is 0.337. The van der Waals surface area contributed by atoms with Crippen molar-refractivity contribution in [2.75, 3.05) is 11.3 Å². The smallest absolute Gasteiger partial charge is 0.261 e. The van der Waals surface area contributed by atoms with Crippen molar-refractivity contribution in [3.63, 3.8) is 0 Å². The highest BCUT2D eigenvalue weighted by Gasteiger charge is 2.15. The Morgan fingerprint density at radius 3 is 2.41 bits per heavy atom. The molecule has 0 aromatic heterocycles. The molecular weight excluding hydrogens is 300 g/mol. The zero-order chi connectivity index (χ0) is 16.2. The average molecular weight is 316 g/mol. The molecule has 0 heterocycles. The van der Waals surface area contributed by atoms with Gasteiger partial charge in [0.1, 0.15) is 5.75 Å². The van der Waals surface area contributed by atoms with Gasteiger partial charge in [-0.15, -0.1) is 0 Å². The minimum Gasteiger partial charge on any atom is -0.494 e. The highest BCUT2D eigenvalue weighted by molar-refractivity contribution is 7.92. The molecule has 22 heavy (non-hydrogen) atoms. The van der Waals surface area contributed by atoms with Gasteiger partial charge >= 0.3 is 0 Å². The predicted octanol–water partition coefficient (Wildman–Crippen LogP) is 3.07. The molecule has 114 valence electrons. The fraction of sp³-hybridized carbons (Fsp3) is 0.188. The summed E-state index contributed by atoms with van der Waals surface area (Å²) in [4.78, 5) is 0.165. The molecule has 0 fully saturated rings. The van der Waals surface area contributed by atoms with Gasteiger partial charge in [-0.2, -0.15) is 5.26 Å². The van der Waals surface area contributed by atoms with Gasteiger partial charge in [0, 0.05) is 5.69 Å². The van der Waals surface area contributed by atoms with Crippen LogP contribution in [0.1, 0.15) is 18.1 Å². The van der Waals surface area contributed by atoms with Gasteiger partial charge in [-0.1, -0.05) is 0 Å². The summed E-state index contributed by atoms with van der Waals surface area (Å²) in [5.41, 5.74) is 1.63. The summed E-state index contributed by atoms with van der Waals surface area (Å²) >= 11 is 0. The summed E-state index contributed by atoms with van der Waals surface area (Å²) < 4.78 is 32.6. The van der Waals surface area contributed by atoms with E-state index in [9.17, 15) is 8.42 Å². The van der Waals surface area contributed by atoms with Crippen LogP contribution in [0.15, 0.2) is 47.4 Å². The maximum absolute atomic E-state index is 12.4. The van der Waals surface area contributed by atoms with Crippen LogP contribution >= 0.6 is 0 Å². The maximum Gasteiger partial charge on any atom is 0.261 e. The molecule has 1 N–H and O–H groups in total. The predicted molar refractivity (Wildman–Crippen MR) is 84.3 cm³/mol. The van der Waals surface area contributed by atoms with E-state index in [2.05, 4.69) is 4.72 Å². The van der Waals surface area contributed by atoms with Gasteiger partial charge < -0.3 is 4.74 Å². The molecule has 2 aromatic rings. The fourth-order valence-electron chi connectivity index (χ4n) is 1.93. The zero-order valence-corrected chi connectivity index (χ0v) is 13.1. The van der Waals surface area contributed by atoms with E-state index in [-0.39, 0.29) is 4.90 Å². The number of nitrogens with one attached hydrogen (secondary N) is 1. The summed E-state index contributed by atoms with van der Waals surface area (Å²) in [6.07, 6.45) is 0. The first kappa shape index (κ1) is 15.9. The van der Waals surface area contributed by atoms with Crippen molar-refractivity contribution >= 4 is 15.7 Å². The SMILES string of the molecule is CCOc1ccc(S(=O)(=O)Nc2ccc(C#N)cc2)cc1C. The summed E-state index contributed by atoms with van der Waals surface area (Å²) in [7, 11) is -3.68. The normalized spacial score (nSPS) is 10.8. The second kappa shape index (κ2) is 6.50. The molecule has 0 saturated carbocycles. The third kappa shape index (κ3) is 3.57. The van der Waals surface area contributed by atoms with E-state index in [1.807, 2.05) is 13.0 Å². The summed E-state index contributed by atoms with van der Waals surface area (Å²) in [6.45, 7) is 4.19. The fourth-order valence-corrected chi connectivity index (χ4v) is 3.08. The summed E-state index contributed by atoms with van der Waals surface area (Å²) in [6, 6.07) is 12.9. The quantitative estimate of drug-likeness (QED) is 0.919. The van der Waals surface area contributed by atoms with Crippen LogP contribution in [0.3, 0.4) is 0 Å². The first-order chi connectivity index (χ1) is 10.5. The molecule has 0 atom stereocenters. The van der Waals surface area contributed by atoms with Crippen molar-refractivity contribution in [2.45, 2.75) is 18.7 Å². The molecular formula is C16H16N2O3S. The molecule has 0 saturated heterocycles. The number of ether oxygens (including phenoxy) is 1. The van der Waals surface area contributed by atoms with Crippen molar-refractivity contribution in [1.29, 1.82) is 5.26 Å². The van der Waals surface area contributed by atoms with E-state index in [0.29, 0.717) is 23.6 Å². The van der Waals surface area contributed by atoms with Crippen molar-refractivity contribution < 1.29 is 13.2 Å². The molecule has 0 aliphatic carbocycles. The van der Waals surface area contributed by atoms with E-state index in [4.69, 9.17) is 10.00 Å². The monoisotopic (exact) mass is 316 g/mol. The number of hydrogen-bond donors (Lipinski definition) is 1. The maximum atomic E-state index is 12.4. The molecule has 0 aliphatic rings. The van der Waals surface area contributed by atoms with E-state index in [0.717, 1.165) is 5.56 Å². The molecule has 0 bridgehead atoms. The van der Waals surface area contributed by atoms with Crippen LogP contribution in [0.25, 0.3) is 0 Å². The van der Waals surface area contributed by atoms with E-state index >= 15 is 0 Å². The number of benzene rings is 2. The van der Waals surface area contributed by atoms with Crippen LogP contribution < -0.4 is 9.46 Å². The minimum atomic E-state index is -3.68. The number of aryl methyl sites for hydroxylation is 1. The van der Waals surface area contributed by atoms with E-state index in [1.165, 1.54) is 6.07 Å². The third-order valence-electron chi connectivity index (χ3n) is 3.02. The molecule has 0 radical (unpaired) electrons. The first-order valence-electron chi connectivity index (χ1n) is 6.72. The Kier molecular flexibility index (Phi) is 4.68. The van der Waals surface area contributed by atoms with Crippen molar-refractivity contribution in [1.82, 2.24) is 0 Å². The van der Waals surface area contributed by atoms with E-state index in [1.54, 1.807) is 43.3 Å². The van der Waals surface area contributed by atoms with Gasteiger partial charge in [0.05, 0.1) is 23.1 Å². The molecule has 0 aliphatic heterocycles. The van der Waals surface area contributed by atoms with Crippen molar-refractivity contribution in [3.05, 3.63) is 53.6 Å². The minimum absolute atomic E-state index is 0.165. The third-order valence-corrected chi connectivity index (χ3v) is 4.40. The van der Waals surface area contributed by atoms with Crippen LogP contribution in [-0.2, 0) is 10.0 Å². The van der Waals surface area contributed by atoms with Crippen molar-refractivity contribution in [2.24, 2.45) is 0 Å². The lowest BCUT2D eigenvalue weighted by Crippen LogP contribution is -2.13. The number of sulfonamides is 1. The van der Waals surface area contributed by atoms with Crippen LogP contribution in [0, 0.1) is 18.3 Å². The second-order valence-electron chi connectivity index (χ2n) is 4.65. The molecule has 0 unspecified atom stereocenters. The van der Waals surface area contributed by atoms with Gasteiger partial charge in [0.2, 0.25) is 0 Å². The van der Waals surface area contributed by atoms with Gasteiger partial charge in [-0.05, 0) is 61.9 Å². The average Bonchev–Trinajstić information content (AvgIpc) is 2.50. The van der Waals surface area contributed by atoms with Crippen LogP contribution in [-0.4, -0.2) is 15.0 Å². The number of nitriles is 1. The topological polar surface area (TPSA) is 79.2 Å². The van der Waals surface area contributed by atoms with Crippen molar-refractivity contribution in [3.8, 4) is 11.8 Å². The number of anilines is 1. The Morgan fingerprint density at radius 1 is 1.18 bits per heavy atom. The number of rotatable bonds is 5. The highest BCUT2D eigenvalue weighted by Crippen LogP contribution is 2.23. The molecule has 0 amide bonds. The van der Waals surface area contributed by atoms with Crippen LogP contribution in [0.5, 0.6) is 5.75 Å². The number of nitrogens with zero attached hydrogens (tertiary/aromatic N) is 1. The molecule has 2 aromatic carbocycles. The van der Waals surface area contributed by atoms with E-state index < -0.39 is 10.0 Å².